The van der Waals surface area contributed by atoms with Crippen LogP contribution in [0.4, 0.5) is 0 Å². The molecule has 0 aliphatic carbocycles. The van der Waals surface area contributed by atoms with E-state index in [9.17, 15) is 4.79 Å². The summed E-state index contributed by atoms with van der Waals surface area (Å²) in [6, 6.07) is 0. The largest absolute Gasteiger partial charge is 0.480 e. The molecular formula is C9H14ClN3O2. The third kappa shape index (κ3) is 2.94. The van der Waals surface area contributed by atoms with E-state index in [1.54, 1.807) is 17.8 Å². The van der Waals surface area contributed by atoms with Crippen molar-refractivity contribution in [2.24, 2.45) is 5.73 Å². The van der Waals surface area contributed by atoms with Crippen LogP contribution in [0.2, 0.25) is 5.02 Å². The molecule has 15 heavy (non-hydrogen) atoms. The number of aryl methyl sites for hydroxylation is 2. The predicted octanol–water partition coefficient (Wildman–Crippen LogP) is 1.04. The quantitative estimate of drug-likeness (QED) is 0.811. The summed E-state index contributed by atoms with van der Waals surface area (Å²) in [4.78, 5) is 10.7. The molecule has 1 rings (SSSR count). The maximum Gasteiger partial charge on any atom is 0.323 e. The Hall–Kier alpha value is -1.07. The monoisotopic (exact) mass is 231 g/mol. The van der Waals surface area contributed by atoms with Gasteiger partial charge < -0.3 is 10.8 Å². The third-order valence-electron chi connectivity index (χ3n) is 2.24. The molecule has 3 N–H and O–H groups in total. The summed E-state index contributed by atoms with van der Waals surface area (Å²) in [5, 5.41) is 13.5. The Morgan fingerprint density at radius 3 is 2.80 bits per heavy atom. The summed E-state index contributed by atoms with van der Waals surface area (Å²) in [5.41, 5.74) is 5.08. The number of hydrogen-bond donors (Lipinski definition) is 2. The van der Waals surface area contributed by atoms with Crippen molar-refractivity contribution < 1.29 is 9.90 Å². The van der Waals surface area contributed by atoms with Crippen LogP contribution in [-0.2, 0) is 11.3 Å². The number of aromatic nitrogens is 2. The van der Waals surface area contributed by atoms with E-state index in [4.69, 9.17) is 22.4 Å². The SMILES string of the molecule is Cc1nn(CCC(C)(N)C(=O)O)cc1Cl. The Labute approximate surface area is 92.8 Å². The van der Waals surface area contributed by atoms with Crippen LogP contribution < -0.4 is 5.73 Å². The molecule has 0 radical (unpaired) electrons. The first kappa shape index (κ1) is 12.0. The summed E-state index contributed by atoms with van der Waals surface area (Å²) in [6.07, 6.45) is 1.97. The van der Waals surface area contributed by atoms with Crippen LogP contribution in [0, 0.1) is 6.92 Å². The lowest BCUT2D eigenvalue weighted by atomic mass is 10.00. The van der Waals surface area contributed by atoms with E-state index in [1.807, 2.05) is 0 Å². The van der Waals surface area contributed by atoms with Crippen LogP contribution in [0.15, 0.2) is 6.20 Å². The predicted molar refractivity (Wildman–Crippen MR) is 56.8 cm³/mol. The van der Waals surface area contributed by atoms with Crippen molar-refractivity contribution in [2.75, 3.05) is 0 Å². The van der Waals surface area contributed by atoms with Gasteiger partial charge in [0.05, 0.1) is 10.7 Å². The Morgan fingerprint density at radius 1 is 1.80 bits per heavy atom. The standard InChI is InChI=1S/C9H14ClN3O2/c1-6-7(10)5-13(12-6)4-3-9(2,11)8(14)15/h5H,3-4,11H2,1-2H3,(H,14,15). The molecule has 0 aliphatic rings. The highest BCUT2D eigenvalue weighted by Crippen LogP contribution is 2.14. The van der Waals surface area contributed by atoms with Gasteiger partial charge in [0, 0.05) is 12.7 Å². The van der Waals surface area contributed by atoms with Crippen molar-refractivity contribution >= 4 is 17.6 Å². The molecular weight excluding hydrogens is 218 g/mol. The van der Waals surface area contributed by atoms with Crippen molar-refractivity contribution in [3.8, 4) is 0 Å². The second-order valence-electron chi connectivity index (χ2n) is 3.80. The second kappa shape index (κ2) is 4.20. The summed E-state index contributed by atoms with van der Waals surface area (Å²) in [5.74, 6) is -1.02. The Kier molecular flexibility index (Phi) is 3.36. The zero-order chi connectivity index (χ0) is 11.6. The van der Waals surface area contributed by atoms with E-state index in [2.05, 4.69) is 5.10 Å². The first-order valence-corrected chi connectivity index (χ1v) is 4.92. The van der Waals surface area contributed by atoms with Gasteiger partial charge >= 0.3 is 5.97 Å². The fourth-order valence-electron chi connectivity index (χ4n) is 1.06. The molecule has 6 heteroatoms. The molecule has 1 heterocycles. The number of aliphatic carboxylic acids is 1. The average Bonchev–Trinajstić information content (AvgIpc) is 2.43. The van der Waals surface area contributed by atoms with Gasteiger partial charge in [-0.15, -0.1) is 0 Å². The number of nitrogens with two attached hydrogens (primary N) is 1. The smallest absolute Gasteiger partial charge is 0.323 e. The van der Waals surface area contributed by atoms with E-state index in [1.165, 1.54) is 6.92 Å². The van der Waals surface area contributed by atoms with Crippen molar-refractivity contribution in [2.45, 2.75) is 32.4 Å². The van der Waals surface area contributed by atoms with E-state index in [0.29, 0.717) is 18.0 Å². The normalized spacial score (nSPS) is 14.9. The number of hydrogen-bond acceptors (Lipinski definition) is 3. The molecule has 1 unspecified atom stereocenters. The zero-order valence-corrected chi connectivity index (χ0v) is 9.45. The van der Waals surface area contributed by atoms with E-state index >= 15 is 0 Å². The molecule has 0 aromatic carbocycles. The molecule has 5 nitrogen and oxygen atoms in total. The summed E-state index contributed by atoms with van der Waals surface area (Å²) >= 11 is 5.81. The first-order valence-electron chi connectivity index (χ1n) is 4.55. The van der Waals surface area contributed by atoms with Gasteiger partial charge in [0.15, 0.2) is 0 Å². The Morgan fingerprint density at radius 2 is 2.40 bits per heavy atom. The van der Waals surface area contributed by atoms with Gasteiger partial charge in [-0.25, -0.2) is 0 Å². The van der Waals surface area contributed by atoms with Gasteiger partial charge in [0.2, 0.25) is 0 Å². The number of carboxylic acid groups (broad SMARTS) is 1. The van der Waals surface area contributed by atoms with Crippen LogP contribution in [0.25, 0.3) is 0 Å². The van der Waals surface area contributed by atoms with Gasteiger partial charge in [0.1, 0.15) is 5.54 Å². The van der Waals surface area contributed by atoms with Crippen LogP contribution in [0.5, 0.6) is 0 Å². The highest BCUT2D eigenvalue weighted by molar-refractivity contribution is 6.31. The molecule has 1 aromatic rings. The van der Waals surface area contributed by atoms with Gasteiger partial charge in [-0.3, -0.25) is 9.48 Å². The van der Waals surface area contributed by atoms with E-state index in [-0.39, 0.29) is 0 Å². The van der Waals surface area contributed by atoms with Gasteiger partial charge in [-0.05, 0) is 20.3 Å². The molecule has 0 saturated carbocycles. The number of halogens is 1. The number of carboxylic acids is 1. The fraction of sp³-hybridized carbons (Fsp3) is 0.556. The van der Waals surface area contributed by atoms with Crippen molar-refractivity contribution in [1.82, 2.24) is 9.78 Å². The maximum atomic E-state index is 10.7. The average molecular weight is 232 g/mol. The van der Waals surface area contributed by atoms with Crippen molar-refractivity contribution in [3.05, 3.63) is 16.9 Å². The number of rotatable bonds is 4. The minimum Gasteiger partial charge on any atom is -0.480 e. The molecule has 0 aliphatic heterocycles. The van der Waals surface area contributed by atoms with Gasteiger partial charge in [-0.2, -0.15) is 5.10 Å². The van der Waals surface area contributed by atoms with Crippen molar-refractivity contribution in [1.29, 1.82) is 0 Å². The third-order valence-corrected chi connectivity index (χ3v) is 2.61. The van der Waals surface area contributed by atoms with Gasteiger partial charge in [-0.1, -0.05) is 11.6 Å². The lowest BCUT2D eigenvalue weighted by molar-refractivity contribution is -0.143. The molecule has 84 valence electrons. The van der Waals surface area contributed by atoms with Crippen LogP contribution in [0.1, 0.15) is 19.0 Å². The summed E-state index contributed by atoms with van der Waals surface area (Å²) < 4.78 is 1.60. The highest BCUT2D eigenvalue weighted by Gasteiger charge is 2.27. The number of carbonyl (C=O) groups is 1. The highest BCUT2D eigenvalue weighted by atomic mass is 35.5. The summed E-state index contributed by atoms with van der Waals surface area (Å²) in [7, 11) is 0. The summed E-state index contributed by atoms with van der Waals surface area (Å²) in [6.45, 7) is 3.71. The van der Waals surface area contributed by atoms with E-state index < -0.39 is 11.5 Å². The van der Waals surface area contributed by atoms with Crippen LogP contribution >= 0.6 is 11.6 Å². The lowest BCUT2D eigenvalue weighted by Crippen LogP contribution is -2.45. The molecule has 1 atom stereocenters. The maximum absolute atomic E-state index is 10.7. The van der Waals surface area contributed by atoms with Gasteiger partial charge in [0.25, 0.3) is 0 Å². The van der Waals surface area contributed by atoms with Crippen molar-refractivity contribution in [3.63, 3.8) is 0 Å². The Balaban J connectivity index is 2.61. The minimum atomic E-state index is -1.23. The first-order chi connectivity index (χ1) is 6.83. The Bertz CT molecular complexity index is 354. The lowest BCUT2D eigenvalue weighted by Gasteiger charge is -2.18. The van der Waals surface area contributed by atoms with Crippen LogP contribution in [-0.4, -0.2) is 26.4 Å². The molecule has 0 spiro atoms. The fourth-order valence-corrected chi connectivity index (χ4v) is 1.21. The molecule has 0 saturated heterocycles. The molecule has 0 fully saturated rings. The topological polar surface area (TPSA) is 81.1 Å². The molecule has 0 bridgehead atoms. The number of nitrogens with zero attached hydrogens (tertiary/aromatic N) is 2. The molecule has 0 amide bonds. The van der Waals surface area contributed by atoms with Crippen LogP contribution in [0.3, 0.4) is 0 Å². The second-order valence-corrected chi connectivity index (χ2v) is 4.21. The minimum absolute atomic E-state index is 0.305. The zero-order valence-electron chi connectivity index (χ0n) is 8.70. The van der Waals surface area contributed by atoms with E-state index in [0.717, 1.165) is 5.69 Å². The molecule has 1 aromatic heterocycles.